The van der Waals surface area contributed by atoms with Gasteiger partial charge in [0.15, 0.2) is 5.84 Å². The fourth-order valence-electron chi connectivity index (χ4n) is 4.37. The average molecular weight is 560 g/mol. The van der Waals surface area contributed by atoms with Crippen molar-refractivity contribution in [3.05, 3.63) is 58.1 Å². The molecule has 0 bridgehead atoms. The molecule has 2 aromatic carbocycles. The number of oxime groups is 1. The number of ether oxygens (including phenoxy) is 1. The number of halogens is 1. The number of nitrogens with zero attached hydrogens (tertiary/aromatic N) is 2. The Morgan fingerprint density at radius 3 is 2.69 bits per heavy atom. The summed E-state index contributed by atoms with van der Waals surface area (Å²) in [6, 6.07) is 8.60. The summed E-state index contributed by atoms with van der Waals surface area (Å²) in [5.74, 6) is -1.25. The lowest BCUT2D eigenvalue weighted by Gasteiger charge is -2.26. The van der Waals surface area contributed by atoms with Crippen molar-refractivity contribution in [3.63, 3.8) is 0 Å². The first-order valence-corrected chi connectivity index (χ1v) is 13.1. The molecular weight excluding hydrogens is 526 g/mol. The van der Waals surface area contributed by atoms with E-state index in [1.54, 1.807) is 31.2 Å². The van der Waals surface area contributed by atoms with Crippen LogP contribution in [0.5, 0.6) is 5.75 Å². The molecule has 1 saturated heterocycles. The van der Waals surface area contributed by atoms with Gasteiger partial charge in [-0.25, -0.2) is 9.59 Å². The number of carboxylic acids is 1. The number of hydrogen-bond acceptors (Lipinski definition) is 7. The number of nitrogen functional groups attached to an aromatic ring is 1. The van der Waals surface area contributed by atoms with Crippen LogP contribution in [0.1, 0.15) is 54.2 Å². The molecule has 1 aliphatic heterocycles. The standard InChI is InChI=1S/C27H34ClN5O6/c1-4-6-22(16-7-9-20(26(35)36)21(29)13-16)31-27(37)33-15-24(32-39-5-2)30-14-18(25(33)34)11-17-12-19(28)8-10-23(17)38-3/h7-10,12-13,18,22H,4-6,11,14-15,29H2,1-3H3,(H,30,32)(H,31,37)(H,35,36)/t18-,22-/m1/s1. The first kappa shape index (κ1) is 29.6. The highest BCUT2D eigenvalue weighted by Crippen LogP contribution is 2.27. The van der Waals surface area contributed by atoms with Crippen molar-refractivity contribution in [1.29, 1.82) is 0 Å². The number of amidine groups is 1. The summed E-state index contributed by atoms with van der Waals surface area (Å²) in [5.41, 5.74) is 7.38. The summed E-state index contributed by atoms with van der Waals surface area (Å²) < 4.78 is 5.44. The highest BCUT2D eigenvalue weighted by Gasteiger charge is 2.35. The quantitative estimate of drug-likeness (QED) is 0.253. The largest absolute Gasteiger partial charge is 0.496 e. The lowest BCUT2D eigenvalue weighted by atomic mass is 9.97. The number of imide groups is 1. The molecule has 2 atom stereocenters. The molecule has 1 fully saturated rings. The zero-order chi connectivity index (χ0) is 28.5. The van der Waals surface area contributed by atoms with Crippen LogP contribution < -0.4 is 21.1 Å². The molecule has 11 nitrogen and oxygen atoms in total. The highest BCUT2D eigenvalue weighted by atomic mass is 35.5. The number of rotatable bonds is 10. The van der Waals surface area contributed by atoms with Crippen LogP contribution in [0.25, 0.3) is 0 Å². The van der Waals surface area contributed by atoms with Crippen molar-refractivity contribution in [3.8, 4) is 5.75 Å². The average Bonchev–Trinajstić information content (AvgIpc) is 3.05. The molecule has 1 aliphatic rings. The minimum Gasteiger partial charge on any atom is -0.496 e. The molecule has 2 aromatic rings. The molecule has 0 saturated carbocycles. The third-order valence-corrected chi connectivity index (χ3v) is 6.55. The molecule has 0 radical (unpaired) electrons. The highest BCUT2D eigenvalue weighted by molar-refractivity contribution is 6.30. The predicted molar refractivity (Wildman–Crippen MR) is 148 cm³/mol. The number of carbonyl (C=O) groups is 3. The Morgan fingerprint density at radius 2 is 2.05 bits per heavy atom. The van der Waals surface area contributed by atoms with E-state index >= 15 is 0 Å². The number of methoxy groups -OCH3 is 1. The molecule has 0 spiro atoms. The van der Waals surface area contributed by atoms with E-state index in [1.165, 1.54) is 19.2 Å². The van der Waals surface area contributed by atoms with Crippen molar-refractivity contribution < 1.29 is 29.1 Å². The molecule has 0 aliphatic carbocycles. The third-order valence-electron chi connectivity index (χ3n) is 6.32. The zero-order valence-corrected chi connectivity index (χ0v) is 23.0. The fourth-order valence-corrected chi connectivity index (χ4v) is 4.56. The Balaban J connectivity index is 1.90. The van der Waals surface area contributed by atoms with Crippen LogP contribution in [-0.4, -0.2) is 60.6 Å². The number of nitrogens with two attached hydrogens (primary N) is 1. The second-order valence-electron chi connectivity index (χ2n) is 9.06. The minimum absolute atomic E-state index is 0.0230. The SMILES string of the molecule is CCC[C@@H](NC(=O)N1CC(=NOCC)NC[C@@H](Cc2cc(Cl)ccc2OC)C1=O)c1ccc(C(=O)O)c(N)c1. The van der Waals surface area contributed by atoms with Gasteiger partial charge < -0.3 is 31.0 Å². The maximum absolute atomic E-state index is 13.7. The molecule has 0 aromatic heterocycles. The number of anilines is 1. The van der Waals surface area contributed by atoms with Gasteiger partial charge in [0.1, 0.15) is 12.4 Å². The number of amides is 3. The van der Waals surface area contributed by atoms with Crippen molar-refractivity contribution in [2.75, 3.05) is 32.5 Å². The van der Waals surface area contributed by atoms with E-state index in [1.807, 2.05) is 6.92 Å². The molecule has 12 heteroatoms. The number of carboxylic acid groups (broad SMARTS) is 1. The summed E-state index contributed by atoms with van der Waals surface area (Å²) in [5, 5.41) is 19.9. The number of urea groups is 1. The first-order valence-electron chi connectivity index (χ1n) is 12.7. The van der Waals surface area contributed by atoms with Gasteiger partial charge in [0, 0.05) is 17.3 Å². The lowest BCUT2D eigenvalue weighted by molar-refractivity contribution is -0.131. The minimum atomic E-state index is -1.14. The number of aromatic carboxylic acids is 1. The fraction of sp³-hybridized carbons (Fsp3) is 0.407. The first-order chi connectivity index (χ1) is 18.7. The van der Waals surface area contributed by atoms with Gasteiger partial charge in [-0.2, -0.15) is 0 Å². The van der Waals surface area contributed by atoms with Crippen LogP contribution in [0.3, 0.4) is 0 Å². The molecule has 5 N–H and O–H groups in total. The number of nitrogens with one attached hydrogen (secondary N) is 2. The van der Waals surface area contributed by atoms with Crippen molar-refractivity contribution in [2.45, 2.75) is 39.2 Å². The van der Waals surface area contributed by atoms with Crippen LogP contribution >= 0.6 is 11.6 Å². The van der Waals surface area contributed by atoms with Crippen LogP contribution in [0, 0.1) is 5.92 Å². The van der Waals surface area contributed by atoms with Gasteiger partial charge in [-0.3, -0.25) is 9.69 Å². The second-order valence-corrected chi connectivity index (χ2v) is 9.50. The van der Waals surface area contributed by atoms with Gasteiger partial charge in [0.25, 0.3) is 0 Å². The molecule has 3 rings (SSSR count). The zero-order valence-electron chi connectivity index (χ0n) is 22.2. The van der Waals surface area contributed by atoms with Gasteiger partial charge in [-0.15, -0.1) is 0 Å². The van der Waals surface area contributed by atoms with Gasteiger partial charge in [0.05, 0.1) is 31.2 Å². The van der Waals surface area contributed by atoms with E-state index in [9.17, 15) is 19.5 Å². The third kappa shape index (κ3) is 7.53. The topological polar surface area (TPSA) is 156 Å². The summed E-state index contributed by atoms with van der Waals surface area (Å²) in [6.45, 7) is 4.15. The van der Waals surface area contributed by atoms with Crippen molar-refractivity contribution in [2.24, 2.45) is 11.1 Å². The Morgan fingerprint density at radius 1 is 1.28 bits per heavy atom. The van der Waals surface area contributed by atoms with Crippen LogP contribution in [0.15, 0.2) is 41.6 Å². The molecule has 210 valence electrons. The monoisotopic (exact) mass is 559 g/mol. The summed E-state index contributed by atoms with van der Waals surface area (Å²) in [6.07, 6.45) is 1.53. The van der Waals surface area contributed by atoms with E-state index in [4.69, 9.17) is 26.9 Å². The number of benzene rings is 2. The Bertz CT molecular complexity index is 1240. The van der Waals surface area contributed by atoms with Gasteiger partial charge in [-0.1, -0.05) is 36.2 Å². The van der Waals surface area contributed by atoms with E-state index in [2.05, 4.69) is 15.8 Å². The van der Waals surface area contributed by atoms with Gasteiger partial charge in [0.2, 0.25) is 5.91 Å². The van der Waals surface area contributed by atoms with E-state index < -0.39 is 29.9 Å². The second kappa shape index (κ2) is 13.7. The summed E-state index contributed by atoms with van der Waals surface area (Å²) >= 11 is 6.20. The van der Waals surface area contributed by atoms with E-state index in [-0.39, 0.29) is 30.8 Å². The van der Waals surface area contributed by atoms with Crippen LogP contribution in [0.4, 0.5) is 10.5 Å². The predicted octanol–water partition coefficient (Wildman–Crippen LogP) is 3.82. The molecular formula is C27H34ClN5O6. The lowest BCUT2D eigenvalue weighted by Crippen LogP contribution is -2.48. The molecule has 3 amide bonds. The number of hydrogen-bond donors (Lipinski definition) is 4. The van der Waals surface area contributed by atoms with Crippen LogP contribution in [0.2, 0.25) is 5.02 Å². The molecule has 39 heavy (non-hydrogen) atoms. The van der Waals surface area contributed by atoms with Gasteiger partial charge >= 0.3 is 12.0 Å². The van der Waals surface area contributed by atoms with Crippen LogP contribution in [-0.2, 0) is 16.1 Å². The smallest absolute Gasteiger partial charge is 0.337 e. The molecule has 0 unspecified atom stereocenters. The van der Waals surface area contributed by atoms with E-state index in [0.29, 0.717) is 35.2 Å². The number of carbonyl (C=O) groups excluding carboxylic acids is 2. The van der Waals surface area contributed by atoms with Gasteiger partial charge in [-0.05, 0) is 61.2 Å². The maximum Gasteiger partial charge on any atom is 0.337 e. The Kier molecular flexibility index (Phi) is 10.4. The van der Waals surface area contributed by atoms with Crippen molar-refractivity contribution in [1.82, 2.24) is 15.5 Å². The summed E-state index contributed by atoms with van der Waals surface area (Å²) in [7, 11) is 1.54. The Hall–Kier alpha value is -3.99. The molecule has 1 heterocycles. The normalized spacial score (nSPS) is 17.2. The summed E-state index contributed by atoms with van der Waals surface area (Å²) in [4.78, 5) is 45.0. The van der Waals surface area contributed by atoms with Crippen molar-refractivity contribution >= 4 is 41.0 Å². The Labute approximate surface area is 232 Å². The maximum atomic E-state index is 13.7. The van der Waals surface area contributed by atoms with E-state index in [0.717, 1.165) is 16.9 Å².